The van der Waals surface area contributed by atoms with E-state index in [1.54, 1.807) is 61.6 Å². The van der Waals surface area contributed by atoms with E-state index in [-0.39, 0.29) is 31.1 Å². The number of nitro benzene ring substituents is 1. The monoisotopic (exact) mass is 725 g/mol. The van der Waals surface area contributed by atoms with E-state index in [1.165, 1.54) is 46.4 Å². The fraction of sp³-hybridized carbons (Fsp3) is 0.194. The van der Waals surface area contributed by atoms with Crippen molar-refractivity contribution in [1.82, 2.24) is 4.90 Å². The summed E-state index contributed by atoms with van der Waals surface area (Å²) in [6.45, 7) is 0.163. The summed E-state index contributed by atoms with van der Waals surface area (Å²) >= 11 is 22.3. The molecule has 0 aliphatic carbocycles. The van der Waals surface area contributed by atoms with Crippen LogP contribution >= 0.6 is 46.4 Å². The average Bonchev–Trinajstić information content (AvgIpc) is 3.61. The van der Waals surface area contributed by atoms with Crippen LogP contribution in [0.25, 0.3) is 0 Å². The lowest BCUT2D eigenvalue weighted by atomic mass is 10.2. The van der Waals surface area contributed by atoms with Gasteiger partial charge in [-0.1, -0.05) is 58.5 Å². The molecule has 1 aromatic heterocycles. The Morgan fingerprint density at radius 1 is 0.851 bits per heavy atom. The summed E-state index contributed by atoms with van der Waals surface area (Å²) < 4.78 is 15.7. The van der Waals surface area contributed by atoms with E-state index >= 15 is 0 Å². The van der Waals surface area contributed by atoms with Crippen molar-refractivity contribution in [2.24, 2.45) is 0 Å². The highest BCUT2D eigenvalue weighted by molar-refractivity contribution is 6.54. The zero-order valence-corrected chi connectivity index (χ0v) is 27.5. The normalized spacial score (nSPS) is 10.6. The number of esters is 1. The minimum atomic E-state index is -1.19. The Morgan fingerprint density at radius 3 is 1.89 bits per heavy atom. The van der Waals surface area contributed by atoms with Crippen molar-refractivity contribution in [3.05, 3.63) is 113 Å². The number of anilines is 1. The van der Waals surface area contributed by atoms with Crippen LogP contribution in [0.3, 0.4) is 0 Å². The minimum Gasteiger partial charge on any atom is -0.457 e. The number of nitrogens with zero attached hydrogens (tertiary/aromatic N) is 3. The number of rotatable bonds is 12. The zero-order chi connectivity index (χ0) is 34.5. The van der Waals surface area contributed by atoms with Gasteiger partial charge in [0, 0.05) is 38.0 Å². The first-order valence-corrected chi connectivity index (χ1v) is 15.2. The smallest absolute Gasteiger partial charge is 0.379 e. The molecule has 47 heavy (non-hydrogen) atoms. The summed E-state index contributed by atoms with van der Waals surface area (Å²) in [7, 11) is 1.55. The van der Waals surface area contributed by atoms with Gasteiger partial charge >= 0.3 is 5.97 Å². The number of carbonyl (C=O) groups excluding carboxylic acids is 3. The van der Waals surface area contributed by atoms with E-state index in [0.717, 1.165) is 5.56 Å². The second-order valence-electron chi connectivity index (χ2n) is 9.34. The molecule has 0 spiro atoms. The Labute approximate surface area is 289 Å². The molecule has 2 amide bonds. The molecule has 0 bridgehead atoms. The van der Waals surface area contributed by atoms with Crippen LogP contribution in [-0.4, -0.2) is 62.6 Å². The maximum Gasteiger partial charge on any atom is 0.379 e. The third-order valence-electron chi connectivity index (χ3n) is 6.12. The Balaban J connectivity index is 0.000000261. The maximum absolute atomic E-state index is 11.9. The van der Waals surface area contributed by atoms with Crippen molar-refractivity contribution in [2.75, 3.05) is 25.1 Å². The van der Waals surface area contributed by atoms with Gasteiger partial charge in [-0.3, -0.25) is 19.7 Å². The van der Waals surface area contributed by atoms with Crippen molar-refractivity contribution in [1.29, 1.82) is 0 Å². The lowest BCUT2D eigenvalue weighted by Gasteiger charge is -2.22. The molecular weight excluding hydrogens is 700 g/mol. The number of amides is 2. The molecule has 4 rings (SSSR count). The van der Waals surface area contributed by atoms with Gasteiger partial charge in [0.05, 0.1) is 17.8 Å². The second kappa shape index (κ2) is 18.1. The van der Waals surface area contributed by atoms with Crippen LogP contribution in [0.2, 0.25) is 0 Å². The van der Waals surface area contributed by atoms with Gasteiger partial charge in [-0.2, -0.15) is 0 Å². The van der Waals surface area contributed by atoms with Gasteiger partial charge < -0.3 is 28.8 Å². The van der Waals surface area contributed by atoms with Crippen LogP contribution < -0.4 is 14.4 Å². The first-order valence-electron chi connectivity index (χ1n) is 13.5. The molecule has 1 heterocycles. The summed E-state index contributed by atoms with van der Waals surface area (Å²) in [6.07, 6.45) is 1.38. The molecule has 0 saturated carbocycles. The SMILES string of the molecule is CN(C(=O)C(Cl)Cl)c1ccc(OC(=O)c2ccco2)cc1.O=C(C(Cl)Cl)N(CCO)Cc1ccc(Oc2ccc([N+](=O)[O-])cc2)cc1. The Bertz CT molecular complexity index is 1620. The summed E-state index contributed by atoms with van der Waals surface area (Å²) in [5.41, 5.74) is 1.36. The van der Waals surface area contributed by atoms with Crippen molar-refractivity contribution in [3.63, 3.8) is 0 Å². The molecule has 0 radical (unpaired) electrons. The predicted octanol–water partition coefficient (Wildman–Crippen LogP) is 6.78. The molecule has 0 fully saturated rings. The second-order valence-corrected chi connectivity index (χ2v) is 11.5. The summed E-state index contributed by atoms with van der Waals surface area (Å²) in [4.78, 5) is 45.7. The number of alkyl halides is 4. The lowest BCUT2D eigenvalue weighted by molar-refractivity contribution is -0.384. The molecule has 1 N–H and O–H groups in total. The highest BCUT2D eigenvalue weighted by Gasteiger charge is 2.20. The topological polar surface area (TPSA) is 153 Å². The van der Waals surface area contributed by atoms with Crippen molar-refractivity contribution in [3.8, 4) is 17.2 Å². The highest BCUT2D eigenvalue weighted by Crippen LogP contribution is 2.25. The molecule has 0 unspecified atom stereocenters. The van der Waals surface area contributed by atoms with Gasteiger partial charge in [-0.15, -0.1) is 0 Å². The first kappa shape index (κ1) is 37.1. The molecular formula is C31H27Cl4N3O9. The van der Waals surface area contributed by atoms with Gasteiger partial charge in [0.2, 0.25) is 5.76 Å². The number of nitro groups is 1. The zero-order valence-electron chi connectivity index (χ0n) is 24.5. The number of aliphatic hydroxyl groups excluding tert-OH is 1. The molecule has 0 atom stereocenters. The van der Waals surface area contributed by atoms with Gasteiger partial charge in [-0.25, -0.2) is 4.79 Å². The number of hydrogen-bond acceptors (Lipinski definition) is 9. The number of furan rings is 1. The Hall–Kier alpha value is -4.33. The molecule has 16 heteroatoms. The lowest BCUT2D eigenvalue weighted by Crippen LogP contribution is -2.36. The van der Waals surface area contributed by atoms with E-state index in [0.29, 0.717) is 22.9 Å². The van der Waals surface area contributed by atoms with Gasteiger partial charge in [-0.05, 0) is 66.2 Å². The quantitative estimate of drug-likeness (QED) is 0.0548. The van der Waals surface area contributed by atoms with Gasteiger partial charge in [0.15, 0.2) is 9.67 Å². The maximum atomic E-state index is 11.9. The van der Waals surface area contributed by atoms with Crippen molar-refractivity contribution >= 4 is 75.6 Å². The summed E-state index contributed by atoms with van der Waals surface area (Å²) in [5, 5.41) is 19.7. The van der Waals surface area contributed by atoms with E-state index in [4.69, 9.17) is 65.4 Å². The van der Waals surface area contributed by atoms with Crippen molar-refractivity contribution < 1.29 is 38.3 Å². The summed E-state index contributed by atoms with van der Waals surface area (Å²) in [6, 6.07) is 22.1. The number of carbonyl (C=O) groups is 3. The van der Waals surface area contributed by atoms with E-state index in [1.807, 2.05) is 0 Å². The van der Waals surface area contributed by atoms with Gasteiger partial charge in [0.1, 0.15) is 17.2 Å². The minimum absolute atomic E-state index is 0.0155. The number of aliphatic hydroxyl groups is 1. The highest BCUT2D eigenvalue weighted by atomic mass is 35.5. The van der Waals surface area contributed by atoms with E-state index in [9.17, 15) is 24.5 Å². The van der Waals surface area contributed by atoms with E-state index < -0.39 is 32.4 Å². The Morgan fingerprint density at radius 2 is 1.40 bits per heavy atom. The number of benzene rings is 3. The predicted molar refractivity (Wildman–Crippen MR) is 177 cm³/mol. The summed E-state index contributed by atoms with van der Waals surface area (Å²) in [5.74, 6) is -0.0819. The van der Waals surface area contributed by atoms with Crippen LogP contribution in [0.1, 0.15) is 16.1 Å². The first-order chi connectivity index (χ1) is 22.4. The number of non-ortho nitro benzene ring substituents is 1. The van der Waals surface area contributed by atoms with Crippen LogP contribution in [-0.2, 0) is 16.1 Å². The van der Waals surface area contributed by atoms with Crippen LogP contribution in [0.15, 0.2) is 95.6 Å². The number of ether oxygens (including phenoxy) is 2. The van der Waals surface area contributed by atoms with Gasteiger partial charge in [0.25, 0.3) is 17.5 Å². The third-order valence-corrected chi connectivity index (χ3v) is 6.87. The molecule has 0 aliphatic heterocycles. The largest absolute Gasteiger partial charge is 0.457 e. The fourth-order valence-corrected chi connectivity index (χ4v) is 4.31. The van der Waals surface area contributed by atoms with E-state index in [2.05, 4.69) is 0 Å². The third kappa shape index (κ3) is 11.5. The molecule has 248 valence electrons. The molecule has 0 aliphatic rings. The fourth-order valence-electron chi connectivity index (χ4n) is 3.74. The average molecular weight is 727 g/mol. The standard InChI is InChI=1S/C17H16Cl2N2O5.C14H11Cl2NO4/c18-16(19)17(23)20(9-10-22)11-12-1-5-14(6-2-12)26-15-7-3-13(4-8-15)21(24)25;1-17(13(18)12(15)16)9-4-6-10(7-5-9)21-14(19)11-3-2-8-20-11/h1-8,16,22H,9-11H2;2-8,12H,1H3. The van der Waals surface area contributed by atoms with Crippen LogP contribution in [0.5, 0.6) is 17.2 Å². The van der Waals surface area contributed by atoms with Crippen molar-refractivity contribution in [2.45, 2.75) is 16.2 Å². The molecule has 12 nitrogen and oxygen atoms in total. The molecule has 3 aromatic carbocycles. The number of halogens is 4. The van der Waals surface area contributed by atoms with Crippen LogP contribution in [0.4, 0.5) is 11.4 Å². The molecule has 4 aromatic rings. The van der Waals surface area contributed by atoms with Crippen LogP contribution in [0, 0.1) is 10.1 Å². The molecule has 0 saturated heterocycles. The number of hydrogen-bond donors (Lipinski definition) is 1. The Kier molecular flexibility index (Phi) is 14.3.